The Morgan fingerprint density at radius 3 is 1.79 bits per heavy atom. The van der Waals surface area contributed by atoms with Gasteiger partial charge in [0.15, 0.2) is 0 Å². The van der Waals surface area contributed by atoms with Gasteiger partial charge in [-0.25, -0.2) is 24.4 Å². The van der Waals surface area contributed by atoms with Gasteiger partial charge in [0.1, 0.15) is 11.7 Å². The normalized spacial score (nSPS) is 30.1. The highest BCUT2D eigenvalue weighted by Crippen LogP contribution is 2.53. The Balaban J connectivity index is 2.05. The number of rotatable bonds is 6. The van der Waals surface area contributed by atoms with Crippen molar-refractivity contribution in [3.8, 4) is 0 Å². The zero-order valence-corrected chi connectivity index (χ0v) is 16.1. The minimum atomic E-state index is -1.43. The van der Waals surface area contributed by atoms with Crippen LogP contribution in [0.15, 0.2) is 0 Å². The molecule has 8 heteroatoms. The summed E-state index contributed by atoms with van der Waals surface area (Å²) < 4.78 is 0. The molecule has 0 aromatic carbocycles. The average Bonchev–Trinajstić information content (AvgIpc) is 3.14. The molecule has 0 N–H and O–H groups in total. The van der Waals surface area contributed by atoms with Crippen molar-refractivity contribution in [3.05, 3.63) is 0 Å². The topological polar surface area (TPSA) is 80.4 Å². The van der Waals surface area contributed by atoms with Crippen molar-refractivity contribution in [1.29, 1.82) is 0 Å². The van der Waals surface area contributed by atoms with Crippen molar-refractivity contribution in [3.63, 3.8) is 0 Å². The molecule has 0 radical (unpaired) electrons. The maximum absolute atomic E-state index is 5.64. The Labute approximate surface area is 143 Å². The van der Waals surface area contributed by atoms with Gasteiger partial charge in [-0.1, -0.05) is 0 Å². The second-order valence-electron chi connectivity index (χ2n) is 9.02. The molecule has 0 bridgehead atoms. The Morgan fingerprint density at radius 1 is 0.792 bits per heavy atom. The van der Waals surface area contributed by atoms with Gasteiger partial charge < -0.3 is 0 Å². The molecule has 0 aromatic rings. The SMILES string of the molecule is CC(C)(C)OOC(C)(C)CC1OOC2(OO2)C1(C)OOC(C)(C)C. The molecule has 2 aliphatic heterocycles. The van der Waals surface area contributed by atoms with E-state index in [9.17, 15) is 0 Å². The predicted octanol–water partition coefficient (Wildman–Crippen LogP) is 3.35. The smallest absolute Gasteiger partial charge is 0.230 e. The second-order valence-corrected chi connectivity index (χ2v) is 9.02. The van der Waals surface area contributed by atoms with Gasteiger partial charge in [0.2, 0.25) is 5.60 Å². The van der Waals surface area contributed by atoms with E-state index in [2.05, 4.69) is 0 Å². The molecule has 8 nitrogen and oxygen atoms in total. The summed E-state index contributed by atoms with van der Waals surface area (Å²) >= 11 is 0. The maximum Gasteiger partial charge on any atom is 0.399 e. The summed E-state index contributed by atoms with van der Waals surface area (Å²) in [7, 11) is 0. The van der Waals surface area contributed by atoms with E-state index in [1.54, 1.807) is 6.92 Å². The van der Waals surface area contributed by atoms with Crippen molar-refractivity contribution in [2.75, 3.05) is 0 Å². The first kappa shape index (κ1) is 20.0. The first-order chi connectivity index (χ1) is 10.7. The van der Waals surface area contributed by atoms with Crippen LogP contribution in [0.25, 0.3) is 0 Å². The van der Waals surface area contributed by atoms with E-state index in [1.807, 2.05) is 55.4 Å². The highest BCUT2D eigenvalue weighted by Gasteiger charge is 2.77. The molecule has 2 unspecified atom stereocenters. The zero-order chi connectivity index (χ0) is 18.4. The molecular formula is C16H30O8. The molecule has 2 heterocycles. The molecule has 2 saturated heterocycles. The fraction of sp³-hybridized carbons (Fsp3) is 1.00. The quantitative estimate of drug-likeness (QED) is 0.410. The van der Waals surface area contributed by atoms with Gasteiger partial charge in [-0.05, 0) is 62.3 Å². The van der Waals surface area contributed by atoms with Crippen LogP contribution >= 0.6 is 0 Å². The fourth-order valence-electron chi connectivity index (χ4n) is 1.99. The van der Waals surface area contributed by atoms with Crippen LogP contribution in [0.2, 0.25) is 0 Å². The molecule has 2 fully saturated rings. The summed E-state index contributed by atoms with van der Waals surface area (Å²) in [6.45, 7) is 16.8. The Bertz CT molecular complexity index is 446. The third-order valence-corrected chi connectivity index (χ3v) is 3.39. The summed E-state index contributed by atoms with van der Waals surface area (Å²) in [4.78, 5) is 42.6. The van der Waals surface area contributed by atoms with Gasteiger partial charge in [-0.2, -0.15) is 14.7 Å². The van der Waals surface area contributed by atoms with E-state index >= 15 is 0 Å². The summed E-state index contributed by atoms with van der Waals surface area (Å²) in [5.41, 5.74) is -2.76. The van der Waals surface area contributed by atoms with E-state index < -0.39 is 34.5 Å². The third-order valence-electron chi connectivity index (χ3n) is 3.39. The summed E-state index contributed by atoms with van der Waals surface area (Å²) in [6.07, 6.45) is -0.178. The summed E-state index contributed by atoms with van der Waals surface area (Å²) in [5, 5.41) is 0. The third kappa shape index (κ3) is 4.64. The molecule has 0 saturated carbocycles. The standard InChI is InChI=1S/C16H30O8/c1-12(2,3)18-20-14(7,8)10-11-15(9,21-19-13(4,5)6)16(22-17-11)23-24-16/h11H,10H2,1-9H3. The van der Waals surface area contributed by atoms with Crippen LogP contribution < -0.4 is 0 Å². The van der Waals surface area contributed by atoms with Crippen LogP contribution in [0, 0.1) is 0 Å². The van der Waals surface area contributed by atoms with Gasteiger partial charge in [0.05, 0.1) is 11.2 Å². The Kier molecular flexibility index (Phi) is 5.11. The second kappa shape index (κ2) is 6.14. The van der Waals surface area contributed by atoms with Crippen LogP contribution in [0.1, 0.15) is 68.7 Å². The van der Waals surface area contributed by atoms with Gasteiger partial charge >= 0.3 is 5.97 Å². The van der Waals surface area contributed by atoms with Crippen LogP contribution in [-0.2, 0) is 39.1 Å². The molecule has 142 valence electrons. The first-order valence-corrected chi connectivity index (χ1v) is 8.13. The van der Waals surface area contributed by atoms with Crippen LogP contribution in [0.3, 0.4) is 0 Å². The molecular weight excluding hydrogens is 320 g/mol. The minimum absolute atomic E-state index is 0.390. The zero-order valence-electron chi connectivity index (χ0n) is 16.1. The Hall–Kier alpha value is -0.320. The van der Waals surface area contributed by atoms with Crippen molar-refractivity contribution in [1.82, 2.24) is 0 Å². The highest BCUT2D eigenvalue weighted by atomic mass is 17.5. The molecule has 0 aliphatic carbocycles. The lowest BCUT2D eigenvalue weighted by molar-refractivity contribution is -0.425. The average molecular weight is 350 g/mol. The molecule has 2 aliphatic rings. The summed E-state index contributed by atoms with van der Waals surface area (Å²) in [6, 6.07) is 0. The van der Waals surface area contributed by atoms with E-state index in [0.29, 0.717) is 6.42 Å². The van der Waals surface area contributed by atoms with E-state index in [4.69, 9.17) is 39.1 Å². The molecule has 0 amide bonds. The molecule has 2 atom stereocenters. The van der Waals surface area contributed by atoms with Crippen molar-refractivity contribution < 1.29 is 39.1 Å². The van der Waals surface area contributed by atoms with Crippen LogP contribution in [-0.4, -0.2) is 34.5 Å². The van der Waals surface area contributed by atoms with E-state index in [1.165, 1.54) is 0 Å². The van der Waals surface area contributed by atoms with Crippen molar-refractivity contribution >= 4 is 0 Å². The first-order valence-electron chi connectivity index (χ1n) is 8.13. The van der Waals surface area contributed by atoms with Crippen molar-refractivity contribution in [2.45, 2.75) is 103 Å². The van der Waals surface area contributed by atoms with E-state index in [0.717, 1.165) is 0 Å². The maximum atomic E-state index is 5.64. The summed E-state index contributed by atoms with van der Waals surface area (Å²) in [5.74, 6) is -1.43. The predicted molar refractivity (Wildman–Crippen MR) is 81.8 cm³/mol. The van der Waals surface area contributed by atoms with Crippen molar-refractivity contribution in [2.24, 2.45) is 0 Å². The molecule has 0 aromatic heterocycles. The number of hydrogen-bond acceptors (Lipinski definition) is 8. The minimum Gasteiger partial charge on any atom is -0.230 e. The van der Waals surface area contributed by atoms with E-state index in [-0.39, 0.29) is 0 Å². The van der Waals surface area contributed by atoms with Gasteiger partial charge in [0, 0.05) is 6.42 Å². The lowest BCUT2D eigenvalue weighted by Crippen LogP contribution is -2.52. The Morgan fingerprint density at radius 2 is 1.33 bits per heavy atom. The highest BCUT2D eigenvalue weighted by molar-refractivity contribution is 5.00. The monoisotopic (exact) mass is 350 g/mol. The van der Waals surface area contributed by atoms with Gasteiger partial charge in [-0.3, -0.25) is 0 Å². The van der Waals surface area contributed by atoms with Crippen LogP contribution in [0.4, 0.5) is 0 Å². The molecule has 2 rings (SSSR count). The van der Waals surface area contributed by atoms with Gasteiger partial charge in [0.25, 0.3) is 0 Å². The largest absolute Gasteiger partial charge is 0.399 e. The molecule has 24 heavy (non-hydrogen) atoms. The molecule has 1 spiro atoms. The fourth-order valence-corrected chi connectivity index (χ4v) is 1.99. The lowest BCUT2D eigenvalue weighted by Gasteiger charge is -2.34. The lowest BCUT2D eigenvalue weighted by atomic mass is 9.89. The number of hydrogen-bond donors (Lipinski definition) is 0. The van der Waals surface area contributed by atoms with Gasteiger partial charge in [-0.15, -0.1) is 0 Å². The van der Waals surface area contributed by atoms with Crippen LogP contribution in [0.5, 0.6) is 0 Å².